The number of nitrogens with zero attached hydrogens (tertiary/aromatic N) is 8. The fraction of sp³-hybridized carbons (Fsp3) is 0.360. The van der Waals surface area contributed by atoms with Crippen LogP contribution in [0.5, 0.6) is 11.5 Å². The third kappa shape index (κ3) is 4.62. The summed E-state index contributed by atoms with van der Waals surface area (Å²) in [6.07, 6.45) is 2.88. The van der Waals surface area contributed by atoms with Gasteiger partial charge >= 0.3 is 6.03 Å². The molecule has 0 bridgehead atoms. The smallest absolute Gasteiger partial charge is 0.323 e. The lowest BCUT2D eigenvalue weighted by Gasteiger charge is -2.22. The number of carbonyl (C=O) groups excluding carboxylic acids is 1. The number of β-amino-alcohol motifs (C(OH)–C–C–N with tert-alkyl or cyclic N) is 1. The number of rotatable bonds is 5. The number of fused-ring (bicyclic) bond motifs is 2. The van der Waals surface area contributed by atoms with Crippen molar-refractivity contribution in [2.45, 2.75) is 37.8 Å². The normalized spacial score (nSPS) is 17.9. The van der Waals surface area contributed by atoms with Crippen LogP contribution in [0.1, 0.15) is 30.5 Å². The van der Waals surface area contributed by atoms with Crippen LogP contribution in [0.4, 0.5) is 31.2 Å². The molecule has 0 unspecified atom stereocenters. The molecule has 3 N–H and O–H groups in total. The van der Waals surface area contributed by atoms with E-state index in [9.17, 15) is 23.9 Å². The molecular weight excluding hydrogens is 526 g/mol. The number of hydrogen-bond acceptors (Lipinski definition) is 9. The van der Waals surface area contributed by atoms with E-state index in [2.05, 4.69) is 36.8 Å². The summed E-state index contributed by atoms with van der Waals surface area (Å²) in [5.74, 6) is -1.80. The molecule has 0 saturated carbocycles. The molecule has 6 rings (SSSR count). The van der Waals surface area contributed by atoms with Gasteiger partial charge in [0.2, 0.25) is 5.95 Å². The van der Waals surface area contributed by atoms with Gasteiger partial charge in [-0.1, -0.05) is 0 Å². The molecule has 1 atom stereocenters. The Morgan fingerprint density at radius 2 is 2.12 bits per heavy atom. The van der Waals surface area contributed by atoms with Gasteiger partial charge in [-0.05, 0) is 18.9 Å². The Balaban J connectivity index is 1.24. The largest absolute Gasteiger partial charge is 0.454 e. The van der Waals surface area contributed by atoms with Crippen molar-refractivity contribution in [3.8, 4) is 17.6 Å². The first-order chi connectivity index (χ1) is 19.2. The van der Waals surface area contributed by atoms with Crippen LogP contribution in [-0.4, -0.2) is 64.5 Å². The van der Waals surface area contributed by atoms with E-state index in [1.807, 2.05) is 0 Å². The number of nitrogens with one attached hydrogen (secondary N) is 2. The molecule has 2 aliphatic heterocycles. The fourth-order valence-electron chi connectivity index (χ4n) is 4.87. The number of anilines is 3. The van der Waals surface area contributed by atoms with Gasteiger partial charge in [0.1, 0.15) is 34.4 Å². The van der Waals surface area contributed by atoms with Crippen molar-refractivity contribution in [1.29, 1.82) is 5.26 Å². The number of aliphatic hydroxyl groups is 1. The molecule has 0 aliphatic carbocycles. The number of likely N-dealkylation sites (tertiary alicyclic amines) is 1. The molecule has 6 heterocycles. The van der Waals surface area contributed by atoms with E-state index in [0.29, 0.717) is 37.2 Å². The highest BCUT2D eigenvalue weighted by Gasteiger charge is 2.38. The van der Waals surface area contributed by atoms with Crippen LogP contribution in [0.2, 0.25) is 0 Å². The maximum absolute atomic E-state index is 14.3. The van der Waals surface area contributed by atoms with Crippen molar-refractivity contribution in [2.24, 2.45) is 7.05 Å². The molecule has 15 heteroatoms. The summed E-state index contributed by atoms with van der Waals surface area (Å²) in [6, 6.07) is 6.11. The Hall–Kier alpha value is -4.84. The highest BCUT2D eigenvalue weighted by Crippen LogP contribution is 2.38. The second kappa shape index (κ2) is 9.72. The van der Waals surface area contributed by atoms with E-state index >= 15 is 0 Å². The summed E-state index contributed by atoms with van der Waals surface area (Å²) < 4.78 is 37.4. The molecule has 0 radical (unpaired) electrons. The maximum atomic E-state index is 14.3. The van der Waals surface area contributed by atoms with Crippen LogP contribution in [-0.2, 0) is 19.5 Å². The van der Waals surface area contributed by atoms with E-state index in [1.54, 1.807) is 17.7 Å². The fourth-order valence-corrected chi connectivity index (χ4v) is 4.87. The molecule has 2 aliphatic rings. The van der Waals surface area contributed by atoms with Crippen LogP contribution in [0.25, 0.3) is 11.2 Å². The van der Waals surface area contributed by atoms with Crippen molar-refractivity contribution < 1.29 is 23.4 Å². The van der Waals surface area contributed by atoms with Crippen molar-refractivity contribution in [2.75, 3.05) is 23.7 Å². The zero-order chi connectivity index (χ0) is 28.0. The lowest BCUT2D eigenvalue weighted by molar-refractivity contribution is -0.0364. The summed E-state index contributed by atoms with van der Waals surface area (Å²) >= 11 is 0. The number of hydrogen-bond donors (Lipinski definition) is 3. The second-order valence-electron chi connectivity index (χ2n) is 9.64. The number of aliphatic hydroxyl groups excluding tert-OH is 1. The lowest BCUT2D eigenvalue weighted by Crippen LogP contribution is -2.33. The molecule has 4 aromatic rings. The predicted molar refractivity (Wildman–Crippen MR) is 137 cm³/mol. The molecule has 1 fully saturated rings. The third-order valence-electron chi connectivity index (χ3n) is 6.88. The van der Waals surface area contributed by atoms with Crippen LogP contribution >= 0.6 is 0 Å². The molecule has 40 heavy (non-hydrogen) atoms. The van der Waals surface area contributed by atoms with Gasteiger partial charge in [0.05, 0.1) is 12.3 Å². The highest BCUT2D eigenvalue weighted by atomic mass is 19.3. The van der Waals surface area contributed by atoms with Crippen molar-refractivity contribution >= 4 is 34.8 Å². The van der Waals surface area contributed by atoms with Crippen molar-refractivity contribution in [3.05, 3.63) is 41.9 Å². The van der Waals surface area contributed by atoms with Crippen LogP contribution in [0.15, 0.2) is 30.6 Å². The standard InChI is InChI=1S/C25H24F2N10O3/c1-35-21-16(11-28)17(40-15-3-6-29-19(9-15)32-24(39)36-8-4-14(38)13-36)12-30-22(21)33-23(35)31-20-10-18-25(26,27)5-2-7-37(18)34-20/h3,6,9-10,12,14,38H,2,4-5,7-8,13H2,1H3,(H,29,32,39)(H,30,31,33,34)/t14-/m1/s1. The number of imidazole rings is 1. The Kier molecular flexibility index (Phi) is 6.18. The first kappa shape index (κ1) is 25.4. The monoisotopic (exact) mass is 550 g/mol. The van der Waals surface area contributed by atoms with Gasteiger partial charge in [-0.25, -0.2) is 14.8 Å². The Morgan fingerprint density at radius 3 is 2.88 bits per heavy atom. The quantitative estimate of drug-likeness (QED) is 0.338. The van der Waals surface area contributed by atoms with Crippen LogP contribution in [0.3, 0.4) is 0 Å². The van der Waals surface area contributed by atoms with Gasteiger partial charge < -0.3 is 24.6 Å². The average molecular weight is 551 g/mol. The number of ether oxygens (including phenoxy) is 1. The van der Waals surface area contributed by atoms with Gasteiger partial charge in [-0.15, -0.1) is 0 Å². The first-order valence-corrected chi connectivity index (χ1v) is 12.6. The number of aromatic nitrogens is 6. The predicted octanol–water partition coefficient (Wildman–Crippen LogP) is 3.45. The summed E-state index contributed by atoms with van der Waals surface area (Å²) in [4.78, 5) is 26.8. The van der Waals surface area contributed by atoms with E-state index in [1.165, 1.54) is 34.1 Å². The number of amides is 2. The molecule has 4 aromatic heterocycles. The van der Waals surface area contributed by atoms with Gasteiger partial charge in [0.15, 0.2) is 17.2 Å². The minimum atomic E-state index is -2.95. The molecule has 1 saturated heterocycles. The zero-order valence-electron chi connectivity index (χ0n) is 21.3. The minimum Gasteiger partial charge on any atom is -0.454 e. The molecule has 0 aromatic carbocycles. The zero-order valence-corrected chi connectivity index (χ0v) is 21.3. The average Bonchev–Trinajstić information content (AvgIpc) is 3.62. The molecule has 206 valence electrons. The molecular formula is C25H24F2N10O3. The van der Waals surface area contributed by atoms with Crippen molar-refractivity contribution in [1.82, 2.24) is 34.2 Å². The number of halogens is 2. The number of alkyl halides is 2. The molecule has 0 spiro atoms. The summed E-state index contributed by atoms with van der Waals surface area (Å²) in [7, 11) is 1.66. The number of aryl methyl sites for hydroxylation is 2. The number of urea groups is 1. The van der Waals surface area contributed by atoms with E-state index in [4.69, 9.17) is 4.74 Å². The van der Waals surface area contributed by atoms with E-state index < -0.39 is 12.0 Å². The Bertz CT molecular complexity index is 1660. The minimum absolute atomic E-state index is 0.146. The first-order valence-electron chi connectivity index (χ1n) is 12.6. The topological polar surface area (TPSA) is 159 Å². The molecule has 2 amide bonds. The highest BCUT2D eigenvalue weighted by molar-refractivity contribution is 5.88. The number of carbonyl (C=O) groups is 1. The molecule has 13 nitrogen and oxygen atoms in total. The van der Waals surface area contributed by atoms with Gasteiger partial charge in [-0.2, -0.15) is 24.1 Å². The third-order valence-corrected chi connectivity index (χ3v) is 6.88. The SMILES string of the molecule is Cn1c(Nc2cc3n(n2)CCCC3(F)F)nc2ncc(Oc3ccnc(NC(=O)N4CC[C@@H](O)C4)c3)c(C#N)c21. The van der Waals surface area contributed by atoms with Gasteiger partial charge in [-0.3, -0.25) is 10.00 Å². The van der Waals surface area contributed by atoms with Gasteiger partial charge in [0, 0.05) is 51.4 Å². The summed E-state index contributed by atoms with van der Waals surface area (Å²) in [5.41, 5.74) is 0.611. The summed E-state index contributed by atoms with van der Waals surface area (Å²) in [6.45, 7) is 1.09. The lowest BCUT2D eigenvalue weighted by atomic mass is 10.1. The summed E-state index contributed by atoms with van der Waals surface area (Å²) in [5, 5.41) is 29.5. The van der Waals surface area contributed by atoms with Crippen LogP contribution in [0, 0.1) is 11.3 Å². The Labute approximate surface area is 226 Å². The maximum Gasteiger partial charge on any atom is 0.323 e. The van der Waals surface area contributed by atoms with Crippen molar-refractivity contribution in [3.63, 3.8) is 0 Å². The second-order valence-corrected chi connectivity index (χ2v) is 9.64. The number of pyridine rings is 2. The van der Waals surface area contributed by atoms with E-state index in [-0.39, 0.29) is 59.2 Å². The van der Waals surface area contributed by atoms with E-state index in [0.717, 1.165) is 0 Å². The van der Waals surface area contributed by atoms with Crippen LogP contribution < -0.4 is 15.4 Å². The van der Waals surface area contributed by atoms with Gasteiger partial charge in [0.25, 0.3) is 5.92 Å². The Morgan fingerprint density at radius 1 is 1.27 bits per heavy atom. The number of nitriles is 1.